The Kier molecular flexibility index (Phi) is 3.37. The third-order valence-electron chi connectivity index (χ3n) is 5.34. The van der Waals surface area contributed by atoms with Crippen LogP contribution in [0.3, 0.4) is 0 Å². The van der Waals surface area contributed by atoms with Gasteiger partial charge in [-0.2, -0.15) is 0 Å². The minimum absolute atomic E-state index is 0.521. The minimum Gasteiger partial charge on any atom is -0.383 e. The SMILES string of the molecule is CCC1CCCC(c2nc(N)c3c4c(sc3n2)CCC4)C1. The molecule has 0 spiro atoms. The maximum atomic E-state index is 6.30. The van der Waals surface area contributed by atoms with Crippen LogP contribution in [0.5, 0.6) is 0 Å². The maximum Gasteiger partial charge on any atom is 0.136 e. The molecule has 2 aliphatic carbocycles. The van der Waals surface area contributed by atoms with Crippen LogP contribution < -0.4 is 5.73 Å². The van der Waals surface area contributed by atoms with Gasteiger partial charge in [0.2, 0.25) is 0 Å². The van der Waals surface area contributed by atoms with Crippen LogP contribution in [0.1, 0.15) is 67.6 Å². The molecule has 2 aliphatic rings. The van der Waals surface area contributed by atoms with Gasteiger partial charge in [0.15, 0.2) is 0 Å². The van der Waals surface area contributed by atoms with E-state index in [9.17, 15) is 0 Å². The molecule has 2 unspecified atom stereocenters. The van der Waals surface area contributed by atoms with Crippen molar-refractivity contribution in [3.8, 4) is 0 Å². The second kappa shape index (κ2) is 5.24. The first-order valence-electron chi connectivity index (χ1n) is 8.34. The van der Waals surface area contributed by atoms with Gasteiger partial charge in [-0.05, 0) is 43.6 Å². The van der Waals surface area contributed by atoms with Crippen LogP contribution in [0, 0.1) is 5.92 Å². The summed E-state index contributed by atoms with van der Waals surface area (Å²) in [4.78, 5) is 12.3. The number of rotatable bonds is 2. The summed E-state index contributed by atoms with van der Waals surface area (Å²) in [7, 11) is 0. The van der Waals surface area contributed by atoms with Crippen LogP contribution >= 0.6 is 11.3 Å². The molecule has 2 atom stereocenters. The predicted octanol–water partition coefficient (Wildman–Crippen LogP) is 4.45. The fourth-order valence-corrected chi connectivity index (χ4v) is 5.40. The zero-order chi connectivity index (χ0) is 14.4. The summed E-state index contributed by atoms with van der Waals surface area (Å²) in [5.74, 6) is 3.11. The third kappa shape index (κ3) is 2.24. The molecule has 21 heavy (non-hydrogen) atoms. The summed E-state index contributed by atoms with van der Waals surface area (Å²) in [5.41, 5.74) is 7.74. The van der Waals surface area contributed by atoms with E-state index in [4.69, 9.17) is 15.7 Å². The summed E-state index contributed by atoms with van der Waals surface area (Å²) in [6, 6.07) is 0. The second-order valence-electron chi connectivity index (χ2n) is 6.64. The summed E-state index contributed by atoms with van der Waals surface area (Å²) in [5, 5.41) is 1.17. The van der Waals surface area contributed by atoms with Crippen molar-refractivity contribution >= 4 is 27.4 Å². The zero-order valence-corrected chi connectivity index (χ0v) is 13.5. The number of anilines is 1. The molecule has 1 saturated carbocycles. The van der Waals surface area contributed by atoms with Gasteiger partial charge in [-0.25, -0.2) is 9.97 Å². The van der Waals surface area contributed by atoms with Crippen molar-refractivity contribution in [1.82, 2.24) is 9.97 Å². The van der Waals surface area contributed by atoms with Crippen LogP contribution in [0.2, 0.25) is 0 Å². The number of nitrogens with two attached hydrogens (primary N) is 1. The Labute approximate surface area is 130 Å². The first-order chi connectivity index (χ1) is 10.3. The van der Waals surface area contributed by atoms with E-state index in [1.807, 2.05) is 11.3 Å². The average molecular weight is 301 g/mol. The number of nitrogens with zero attached hydrogens (tertiary/aromatic N) is 2. The van der Waals surface area contributed by atoms with Crippen molar-refractivity contribution in [2.24, 2.45) is 5.92 Å². The molecule has 2 N–H and O–H groups in total. The summed E-state index contributed by atoms with van der Waals surface area (Å²) < 4.78 is 0. The zero-order valence-electron chi connectivity index (χ0n) is 12.7. The van der Waals surface area contributed by atoms with Crippen molar-refractivity contribution < 1.29 is 0 Å². The largest absolute Gasteiger partial charge is 0.383 e. The topological polar surface area (TPSA) is 51.8 Å². The standard InChI is InChI=1S/C17H23N3S/c1-2-10-5-3-6-11(9-10)16-19-15(18)14-12-7-4-8-13(12)21-17(14)20-16/h10-11H,2-9H2,1H3,(H2,18,19,20). The Hall–Kier alpha value is -1.16. The highest BCUT2D eigenvalue weighted by Gasteiger charge is 2.27. The third-order valence-corrected chi connectivity index (χ3v) is 6.52. The number of hydrogen-bond donors (Lipinski definition) is 1. The van der Waals surface area contributed by atoms with Crippen molar-refractivity contribution in [2.45, 2.75) is 64.2 Å². The number of nitrogen functional groups attached to an aromatic ring is 1. The minimum atomic E-state index is 0.521. The Morgan fingerprint density at radius 1 is 1.19 bits per heavy atom. The molecule has 1 fully saturated rings. The van der Waals surface area contributed by atoms with Gasteiger partial charge in [-0.1, -0.05) is 26.2 Å². The molecular weight excluding hydrogens is 278 g/mol. The number of fused-ring (bicyclic) bond motifs is 3. The summed E-state index contributed by atoms with van der Waals surface area (Å²) >= 11 is 1.85. The molecule has 0 bridgehead atoms. The van der Waals surface area contributed by atoms with Gasteiger partial charge in [0, 0.05) is 10.8 Å². The quantitative estimate of drug-likeness (QED) is 0.891. The number of hydrogen-bond acceptors (Lipinski definition) is 4. The van der Waals surface area contributed by atoms with Crippen molar-refractivity contribution in [1.29, 1.82) is 0 Å². The summed E-state index contributed by atoms with van der Waals surface area (Å²) in [6.45, 7) is 2.30. The van der Waals surface area contributed by atoms with Gasteiger partial charge in [0.05, 0.1) is 5.39 Å². The lowest BCUT2D eigenvalue weighted by Gasteiger charge is -2.27. The molecule has 0 saturated heterocycles. The van der Waals surface area contributed by atoms with E-state index in [0.717, 1.165) is 28.8 Å². The van der Waals surface area contributed by atoms with E-state index in [-0.39, 0.29) is 0 Å². The molecule has 112 valence electrons. The molecule has 0 radical (unpaired) electrons. The van der Waals surface area contributed by atoms with Crippen LogP contribution in [-0.4, -0.2) is 9.97 Å². The second-order valence-corrected chi connectivity index (χ2v) is 7.73. The highest BCUT2D eigenvalue weighted by Crippen LogP contribution is 2.41. The highest BCUT2D eigenvalue weighted by atomic mass is 32.1. The fraction of sp³-hybridized carbons (Fsp3) is 0.647. The smallest absolute Gasteiger partial charge is 0.136 e. The average Bonchev–Trinajstić information content (AvgIpc) is 3.07. The molecular formula is C17H23N3S. The normalized spacial score (nSPS) is 25.4. The lowest BCUT2D eigenvalue weighted by atomic mass is 9.80. The molecule has 0 aliphatic heterocycles. The lowest BCUT2D eigenvalue weighted by Crippen LogP contribution is -2.16. The maximum absolute atomic E-state index is 6.30. The Balaban J connectivity index is 1.73. The number of aryl methyl sites for hydroxylation is 2. The molecule has 4 rings (SSSR count). The van der Waals surface area contributed by atoms with Gasteiger partial charge in [-0.15, -0.1) is 11.3 Å². The Bertz CT molecular complexity index is 676. The van der Waals surface area contributed by atoms with Crippen molar-refractivity contribution in [2.75, 3.05) is 5.73 Å². The van der Waals surface area contributed by atoms with Gasteiger partial charge in [0.25, 0.3) is 0 Å². The van der Waals surface area contributed by atoms with E-state index in [0.29, 0.717) is 5.92 Å². The van der Waals surface area contributed by atoms with Gasteiger partial charge in [0.1, 0.15) is 16.5 Å². The molecule has 2 aromatic rings. The van der Waals surface area contributed by atoms with Crippen LogP contribution in [0.4, 0.5) is 5.82 Å². The Morgan fingerprint density at radius 2 is 2.10 bits per heavy atom. The van der Waals surface area contributed by atoms with Crippen LogP contribution in [-0.2, 0) is 12.8 Å². The first kappa shape index (κ1) is 13.5. The summed E-state index contributed by atoms with van der Waals surface area (Å²) in [6.07, 6.45) is 10.1. The molecule has 4 heteroatoms. The molecule has 3 nitrogen and oxygen atoms in total. The van der Waals surface area contributed by atoms with E-state index in [2.05, 4.69) is 6.92 Å². The molecule has 2 heterocycles. The highest BCUT2D eigenvalue weighted by molar-refractivity contribution is 7.19. The Morgan fingerprint density at radius 3 is 2.95 bits per heavy atom. The van der Waals surface area contributed by atoms with E-state index < -0.39 is 0 Å². The molecule has 2 aromatic heterocycles. The van der Waals surface area contributed by atoms with Gasteiger partial charge < -0.3 is 5.73 Å². The number of aromatic nitrogens is 2. The van der Waals surface area contributed by atoms with E-state index in [1.54, 1.807) is 0 Å². The first-order valence-corrected chi connectivity index (χ1v) is 9.15. The van der Waals surface area contributed by atoms with Crippen LogP contribution in [0.25, 0.3) is 10.2 Å². The van der Waals surface area contributed by atoms with Gasteiger partial charge >= 0.3 is 0 Å². The monoisotopic (exact) mass is 301 g/mol. The van der Waals surface area contributed by atoms with Crippen LogP contribution in [0.15, 0.2) is 0 Å². The van der Waals surface area contributed by atoms with Crippen molar-refractivity contribution in [3.05, 3.63) is 16.3 Å². The van der Waals surface area contributed by atoms with Gasteiger partial charge in [-0.3, -0.25) is 0 Å². The van der Waals surface area contributed by atoms with E-state index >= 15 is 0 Å². The molecule has 0 aromatic carbocycles. The predicted molar refractivity (Wildman–Crippen MR) is 88.8 cm³/mol. The molecule has 0 amide bonds. The lowest BCUT2D eigenvalue weighted by molar-refractivity contribution is 0.308. The van der Waals surface area contributed by atoms with E-state index in [1.165, 1.54) is 60.8 Å². The van der Waals surface area contributed by atoms with Crippen molar-refractivity contribution in [3.63, 3.8) is 0 Å². The fourth-order valence-electron chi connectivity index (χ4n) is 4.12. The number of thiophene rings is 1.